The topological polar surface area (TPSA) is 29.1 Å². The highest BCUT2D eigenvalue weighted by Crippen LogP contribution is 2.23. The van der Waals surface area contributed by atoms with Crippen molar-refractivity contribution in [1.82, 2.24) is 5.32 Å². The molecule has 1 aromatic rings. The summed E-state index contributed by atoms with van der Waals surface area (Å²) in [4.78, 5) is 10.6. The molecule has 1 atom stereocenters. The van der Waals surface area contributed by atoms with Crippen LogP contribution in [0.2, 0.25) is 0 Å². The molecule has 100 valence electrons. The first-order valence-corrected chi connectivity index (χ1v) is 5.86. The average Bonchev–Trinajstić information content (AvgIpc) is 2.34. The van der Waals surface area contributed by atoms with E-state index < -0.39 is 12.1 Å². The van der Waals surface area contributed by atoms with Crippen LogP contribution in [-0.2, 0) is 11.3 Å². The maximum atomic E-state index is 11.9. The molecule has 0 bridgehead atoms. The number of hydrogen-bond acceptors (Lipinski definition) is 1. The number of halogens is 4. The molecule has 0 heterocycles. The van der Waals surface area contributed by atoms with Crippen LogP contribution < -0.4 is 5.32 Å². The smallest absolute Gasteiger partial charge is 0.344 e. The zero-order valence-corrected chi connectivity index (χ0v) is 10.5. The van der Waals surface area contributed by atoms with E-state index in [1.807, 2.05) is 6.92 Å². The molecule has 0 aliphatic rings. The fourth-order valence-electron chi connectivity index (χ4n) is 1.36. The van der Waals surface area contributed by atoms with E-state index in [0.29, 0.717) is 5.56 Å². The van der Waals surface area contributed by atoms with Crippen molar-refractivity contribution in [3.8, 4) is 0 Å². The Balaban J connectivity index is 2.57. The molecule has 6 heteroatoms. The lowest BCUT2D eigenvalue weighted by Gasteiger charge is -2.10. The quantitative estimate of drug-likeness (QED) is 0.839. The molecule has 0 spiro atoms. The number of alkyl halides is 4. The molecule has 0 radical (unpaired) electrons. The molecule has 1 amide bonds. The van der Waals surface area contributed by atoms with Gasteiger partial charge in [-0.3, -0.25) is 4.79 Å². The van der Waals surface area contributed by atoms with Gasteiger partial charge in [0.25, 0.3) is 0 Å². The Bertz CT molecular complexity index is 403. The van der Waals surface area contributed by atoms with Crippen LogP contribution in [0, 0.1) is 0 Å². The molecular weight excluding hydrogens is 267 g/mol. The molecule has 0 aliphatic heterocycles. The van der Waals surface area contributed by atoms with Crippen LogP contribution in [0.15, 0.2) is 24.3 Å². The first kappa shape index (κ1) is 14.8. The Morgan fingerprint density at radius 3 is 2.33 bits per heavy atom. The number of hydrogen-bond donors (Lipinski definition) is 1. The van der Waals surface area contributed by atoms with Gasteiger partial charge in [-0.1, -0.05) is 31.2 Å². The Morgan fingerprint density at radius 2 is 1.89 bits per heavy atom. The number of amides is 1. The van der Waals surface area contributed by atoms with Gasteiger partial charge in [0, 0.05) is 6.54 Å². The third-order valence-corrected chi connectivity index (χ3v) is 2.97. The SMILES string of the molecule is CCC(Cl)c1ccc(CNC(=O)C(F)(F)F)cc1. The van der Waals surface area contributed by atoms with E-state index in [2.05, 4.69) is 0 Å². The highest BCUT2D eigenvalue weighted by molar-refractivity contribution is 6.20. The third-order valence-electron chi connectivity index (χ3n) is 2.41. The summed E-state index contributed by atoms with van der Waals surface area (Å²) in [5, 5.41) is 1.70. The highest BCUT2D eigenvalue weighted by atomic mass is 35.5. The van der Waals surface area contributed by atoms with Crippen LogP contribution in [0.1, 0.15) is 29.8 Å². The van der Waals surface area contributed by atoms with Gasteiger partial charge >= 0.3 is 12.1 Å². The van der Waals surface area contributed by atoms with Crippen molar-refractivity contribution in [3.63, 3.8) is 0 Å². The van der Waals surface area contributed by atoms with Crippen molar-refractivity contribution in [3.05, 3.63) is 35.4 Å². The van der Waals surface area contributed by atoms with E-state index in [4.69, 9.17) is 11.6 Å². The molecule has 0 saturated carbocycles. The van der Waals surface area contributed by atoms with E-state index >= 15 is 0 Å². The Morgan fingerprint density at radius 1 is 1.33 bits per heavy atom. The molecule has 1 N–H and O–H groups in total. The van der Waals surface area contributed by atoms with Gasteiger partial charge in [-0.2, -0.15) is 13.2 Å². The van der Waals surface area contributed by atoms with Crippen LogP contribution in [0.3, 0.4) is 0 Å². The number of carbonyl (C=O) groups excluding carboxylic acids is 1. The van der Waals surface area contributed by atoms with Crippen LogP contribution in [0.25, 0.3) is 0 Å². The Hall–Kier alpha value is -1.23. The van der Waals surface area contributed by atoms with E-state index in [9.17, 15) is 18.0 Å². The lowest BCUT2D eigenvalue weighted by molar-refractivity contribution is -0.173. The van der Waals surface area contributed by atoms with E-state index in [1.165, 1.54) is 0 Å². The second-order valence-electron chi connectivity index (χ2n) is 3.80. The van der Waals surface area contributed by atoms with Crippen LogP contribution >= 0.6 is 11.6 Å². The summed E-state index contributed by atoms with van der Waals surface area (Å²) in [6, 6.07) is 6.79. The number of nitrogens with one attached hydrogen (secondary N) is 1. The van der Waals surface area contributed by atoms with Gasteiger partial charge in [-0.05, 0) is 17.5 Å². The van der Waals surface area contributed by atoms with Crippen molar-refractivity contribution >= 4 is 17.5 Å². The maximum absolute atomic E-state index is 11.9. The van der Waals surface area contributed by atoms with Gasteiger partial charge in [0.05, 0.1) is 5.38 Å². The molecule has 1 unspecified atom stereocenters. The minimum atomic E-state index is -4.84. The maximum Gasteiger partial charge on any atom is 0.471 e. The predicted molar refractivity (Wildman–Crippen MR) is 63.2 cm³/mol. The summed E-state index contributed by atoms with van der Waals surface area (Å²) in [5.74, 6) is -1.93. The normalized spacial score (nSPS) is 13.2. The van der Waals surface area contributed by atoms with Crippen LogP contribution in [0.5, 0.6) is 0 Å². The molecule has 0 saturated heterocycles. The molecule has 2 nitrogen and oxygen atoms in total. The Kier molecular flexibility index (Phi) is 5.02. The number of benzene rings is 1. The average molecular weight is 280 g/mol. The van der Waals surface area contributed by atoms with Gasteiger partial charge in [0.2, 0.25) is 0 Å². The van der Waals surface area contributed by atoms with E-state index in [1.54, 1.807) is 29.6 Å². The largest absolute Gasteiger partial charge is 0.471 e. The second kappa shape index (κ2) is 6.09. The molecule has 0 aliphatic carbocycles. The highest BCUT2D eigenvalue weighted by Gasteiger charge is 2.38. The zero-order valence-electron chi connectivity index (χ0n) is 9.72. The standard InChI is InChI=1S/C12H13ClF3NO/c1-2-10(13)9-5-3-8(4-6-9)7-17-11(18)12(14,15)16/h3-6,10H,2,7H2,1H3,(H,17,18). The third kappa shape index (κ3) is 4.22. The summed E-state index contributed by atoms with van der Waals surface area (Å²) < 4.78 is 35.8. The minimum absolute atomic E-state index is 0.108. The monoisotopic (exact) mass is 279 g/mol. The van der Waals surface area contributed by atoms with Crippen molar-refractivity contribution in [2.75, 3.05) is 0 Å². The summed E-state index contributed by atoms with van der Waals surface area (Å²) in [5.41, 5.74) is 1.50. The van der Waals surface area contributed by atoms with Crippen molar-refractivity contribution in [2.45, 2.75) is 31.4 Å². The van der Waals surface area contributed by atoms with Gasteiger partial charge in [0.15, 0.2) is 0 Å². The fourth-order valence-corrected chi connectivity index (χ4v) is 1.51. The van der Waals surface area contributed by atoms with Crippen molar-refractivity contribution < 1.29 is 18.0 Å². The predicted octanol–water partition coefficient (Wildman–Crippen LogP) is 3.56. The summed E-state index contributed by atoms with van der Waals surface area (Å²) in [7, 11) is 0. The molecule has 18 heavy (non-hydrogen) atoms. The van der Waals surface area contributed by atoms with Gasteiger partial charge in [-0.25, -0.2) is 0 Å². The summed E-state index contributed by atoms with van der Waals surface area (Å²) in [6.07, 6.45) is -4.07. The van der Waals surface area contributed by atoms with Gasteiger partial charge in [-0.15, -0.1) is 11.6 Å². The first-order chi connectivity index (χ1) is 8.34. The Labute approximate surface area is 108 Å². The van der Waals surface area contributed by atoms with E-state index in [0.717, 1.165) is 12.0 Å². The molecule has 0 aromatic heterocycles. The molecule has 1 aromatic carbocycles. The summed E-state index contributed by atoms with van der Waals surface area (Å²) in [6.45, 7) is 1.78. The molecular formula is C12H13ClF3NO. The lowest BCUT2D eigenvalue weighted by Crippen LogP contribution is -2.36. The number of rotatable bonds is 4. The molecule has 1 rings (SSSR count). The van der Waals surface area contributed by atoms with Crippen LogP contribution in [-0.4, -0.2) is 12.1 Å². The first-order valence-electron chi connectivity index (χ1n) is 5.42. The van der Waals surface area contributed by atoms with Gasteiger partial charge < -0.3 is 5.32 Å². The second-order valence-corrected chi connectivity index (χ2v) is 4.32. The van der Waals surface area contributed by atoms with E-state index in [-0.39, 0.29) is 11.9 Å². The van der Waals surface area contributed by atoms with Crippen molar-refractivity contribution in [2.24, 2.45) is 0 Å². The fraction of sp³-hybridized carbons (Fsp3) is 0.417. The number of carbonyl (C=O) groups is 1. The lowest BCUT2D eigenvalue weighted by atomic mass is 10.1. The van der Waals surface area contributed by atoms with Crippen LogP contribution in [0.4, 0.5) is 13.2 Å². The molecule has 0 fully saturated rings. The minimum Gasteiger partial charge on any atom is -0.344 e. The summed E-state index contributed by atoms with van der Waals surface area (Å²) >= 11 is 6.01. The zero-order chi connectivity index (χ0) is 13.8. The van der Waals surface area contributed by atoms with Gasteiger partial charge in [0.1, 0.15) is 0 Å². The van der Waals surface area contributed by atoms with Crippen molar-refractivity contribution in [1.29, 1.82) is 0 Å².